The van der Waals surface area contributed by atoms with Crippen LogP contribution in [-0.4, -0.2) is 0 Å². The third-order valence-corrected chi connectivity index (χ3v) is 5.87. The van der Waals surface area contributed by atoms with Crippen molar-refractivity contribution in [2.75, 3.05) is 5.32 Å². The van der Waals surface area contributed by atoms with E-state index in [1.807, 2.05) is 18.2 Å². The number of para-hydroxylation sites is 1. The van der Waals surface area contributed by atoms with E-state index in [1.165, 1.54) is 11.3 Å². The quantitative estimate of drug-likeness (QED) is 0.538. The Morgan fingerprint density at radius 2 is 1.95 bits per heavy atom. The molecule has 1 aliphatic heterocycles. The smallest absolute Gasteiger partial charge is 0.0568 e. The number of halogens is 3. The van der Waals surface area contributed by atoms with E-state index < -0.39 is 0 Å². The van der Waals surface area contributed by atoms with Gasteiger partial charge in [-0.15, -0.1) is 0 Å². The zero-order valence-corrected chi connectivity index (χ0v) is 14.8. The van der Waals surface area contributed by atoms with Gasteiger partial charge in [-0.1, -0.05) is 53.6 Å². The van der Waals surface area contributed by atoms with E-state index in [-0.39, 0.29) is 6.04 Å². The molecular weight excluding hydrogens is 381 g/mol. The van der Waals surface area contributed by atoms with E-state index in [2.05, 4.69) is 51.6 Å². The van der Waals surface area contributed by atoms with Gasteiger partial charge in [0.05, 0.1) is 11.7 Å². The summed E-state index contributed by atoms with van der Waals surface area (Å²) in [5.74, 6) is 0.922. The molecule has 0 bridgehead atoms. The molecule has 4 rings (SSSR count). The molecule has 0 spiro atoms. The van der Waals surface area contributed by atoms with E-state index >= 15 is 0 Å². The predicted octanol–water partition coefficient (Wildman–Crippen LogP) is 6.58. The van der Waals surface area contributed by atoms with Gasteiger partial charge in [-0.25, -0.2) is 0 Å². The van der Waals surface area contributed by atoms with Crippen molar-refractivity contribution in [2.45, 2.75) is 18.4 Å². The van der Waals surface area contributed by atoms with Gasteiger partial charge in [0.15, 0.2) is 0 Å². The molecule has 2 aromatic rings. The van der Waals surface area contributed by atoms with E-state index in [0.717, 1.165) is 21.5 Å². The monoisotopic (exact) mass is 393 g/mol. The molecule has 0 unspecified atom stereocenters. The van der Waals surface area contributed by atoms with Gasteiger partial charge in [0.2, 0.25) is 0 Å². The lowest BCUT2D eigenvalue weighted by atomic mass is 9.77. The van der Waals surface area contributed by atoms with Crippen molar-refractivity contribution in [3.63, 3.8) is 0 Å². The molecule has 0 fully saturated rings. The van der Waals surface area contributed by atoms with E-state index in [1.54, 1.807) is 0 Å². The van der Waals surface area contributed by atoms with Gasteiger partial charge in [-0.2, -0.15) is 0 Å². The van der Waals surface area contributed by atoms with Gasteiger partial charge in [0.25, 0.3) is 0 Å². The molecule has 0 saturated heterocycles. The molecule has 22 heavy (non-hydrogen) atoms. The van der Waals surface area contributed by atoms with E-state index in [9.17, 15) is 0 Å². The second kappa shape index (κ2) is 5.59. The second-order valence-electron chi connectivity index (χ2n) is 5.85. The number of hydrogen-bond acceptors (Lipinski definition) is 1. The molecule has 1 N–H and O–H groups in total. The molecule has 1 aliphatic carbocycles. The maximum absolute atomic E-state index is 6.46. The van der Waals surface area contributed by atoms with Crippen LogP contribution in [0.5, 0.6) is 0 Å². The van der Waals surface area contributed by atoms with Gasteiger partial charge >= 0.3 is 0 Å². The summed E-state index contributed by atoms with van der Waals surface area (Å²) in [4.78, 5) is 0. The minimum Gasteiger partial charge on any atom is -0.377 e. The summed E-state index contributed by atoms with van der Waals surface area (Å²) < 4.78 is 1.10. The van der Waals surface area contributed by atoms with Crippen molar-refractivity contribution in [3.05, 3.63) is 74.2 Å². The Bertz CT molecular complexity index is 772. The van der Waals surface area contributed by atoms with Crippen LogP contribution in [0.15, 0.2) is 53.0 Å². The molecule has 4 heteroatoms. The molecule has 2 aromatic carbocycles. The van der Waals surface area contributed by atoms with Crippen LogP contribution in [0.4, 0.5) is 5.69 Å². The molecule has 0 aromatic heterocycles. The van der Waals surface area contributed by atoms with Gasteiger partial charge in [-0.05, 0) is 57.6 Å². The molecule has 1 heterocycles. The first-order valence-electron chi connectivity index (χ1n) is 7.31. The Morgan fingerprint density at radius 1 is 1.09 bits per heavy atom. The first kappa shape index (κ1) is 14.6. The lowest BCUT2D eigenvalue weighted by Crippen LogP contribution is -2.29. The van der Waals surface area contributed by atoms with Crippen LogP contribution >= 0.6 is 39.1 Å². The highest BCUT2D eigenvalue weighted by Gasteiger charge is 2.39. The highest BCUT2D eigenvalue weighted by Crippen LogP contribution is 2.52. The van der Waals surface area contributed by atoms with Gasteiger partial charge < -0.3 is 5.32 Å². The number of anilines is 1. The summed E-state index contributed by atoms with van der Waals surface area (Å²) >= 11 is 16.2. The van der Waals surface area contributed by atoms with Crippen molar-refractivity contribution < 1.29 is 0 Å². The number of allylic oxidation sites excluding steroid dienone is 2. The Kier molecular flexibility index (Phi) is 3.72. The Hall–Kier alpha value is -0.960. The number of hydrogen-bond donors (Lipinski definition) is 1. The summed E-state index contributed by atoms with van der Waals surface area (Å²) in [5, 5.41) is 5.10. The van der Waals surface area contributed by atoms with Crippen LogP contribution in [0.3, 0.4) is 0 Å². The minimum absolute atomic E-state index is 0.191. The van der Waals surface area contributed by atoms with Crippen LogP contribution in [0.1, 0.15) is 29.5 Å². The number of benzene rings is 2. The average molecular weight is 395 g/mol. The van der Waals surface area contributed by atoms with Gasteiger partial charge in [0, 0.05) is 20.4 Å². The van der Waals surface area contributed by atoms with Crippen LogP contribution in [0.2, 0.25) is 10.0 Å². The van der Waals surface area contributed by atoms with Crippen LogP contribution < -0.4 is 5.32 Å². The molecule has 2 aliphatic rings. The number of rotatable bonds is 1. The molecule has 0 radical (unpaired) electrons. The summed E-state index contributed by atoms with van der Waals surface area (Å²) in [5.41, 5.74) is 3.65. The highest BCUT2D eigenvalue weighted by molar-refractivity contribution is 9.10. The largest absolute Gasteiger partial charge is 0.377 e. The van der Waals surface area contributed by atoms with E-state index in [4.69, 9.17) is 23.2 Å². The summed E-state index contributed by atoms with van der Waals surface area (Å²) in [6.45, 7) is 0. The zero-order valence-electron chi connectivity index (χ0n) is 11.7. The van der Waals surface area contributed by atoms with Crippen molar-refractivity contribution in [1.82, 2.24) is 0 Å². The summed E-state index contributed by atoms with van der Waals surface area (Å²) in [6, 6.07) is 12.4. The molecule has 1 nitrogen and oxygen atoms in total. The maximum Gasteiger partial charge on any atom is 0.0568 e. The van der Waals surface area contributed by atoms with Gasteiger partial charge in [-0.3, -0.25) is 0 Å². The fourth-order valence-electron chi connectivity index (χ4n) is 3.64. The first-order chi connectivity index (χ1) is 10.6. The standard InChI is InChI=1S/C18H14BrCl2N/c19-15-6-2-5-13-11-3-1-4-12(11)17(22-18(13)15)14-8-7-10(20)9-16(14)21/h1-3,5-9,11-12,17,22H,4H2/t11-,12+,17+/m0/s1. The van der Waals surface area contributed by atoms with Crippen molar-refractivity contribution in [2.24, 2.45) is 5.92 Å². The van der Waals surface area contributed by atoms with Crippen LogP contribution in [0, 0.1) is 5.92 Å². The molecule has 112 valence electrons. The molecule has 3 atom stereocenters. The lowest BCUT2D eigenvalue weighted by Gasteiger charge is -2.38. The summed E-state index contributed by atoms with van der Waals surface area (Å²) in [7, 11) is 0. The fourth-order valence-corrected chi connectivity index (χ4v) is 4.67. The SMILES string of the molecule is Clc1ccc([C@@H]2Nc3c(Br)cccc3[C@H]3C=CC[C@H]32)c(Cl)c1. The fraction of sp³-hybridized carbons (Fsp3) is 0.222. The zero-order chi connectivity index (χ0) is 15.3. The second-order valence-corrected chi connectivity index (χ2v) is 7.54. The molecule has 0 amide bonds. The topological polar surface area (TPSA) is 12.0 Å². The Labute approximate surface area is 148 Å². The Balaban J connectivity index is 1.84. The van der Waals surface area contributed by atoms with Gasteiger partial charge in [0.1, 0.15) is 0 Å². The number of fused-ring (bicyclic) bond motifs is 3. The number of nitrogens with one attached hydrogen (secondary N) is 1. The average Bonchev–Trinajstić information content (AvgIpc) is 2.97. The summed E-state index contributed by atoms with van der Waals surface area (Å²) in [6.07, 6.45) is 5.67. The highest BCUT2D eigenvalue weighted by atomic mass is 79.9. The third kappa shape index (κ3) is 2.29. The normalized spacial score (nSPS) is 25.5. The molecule has 0 saturated carbocycles. The van der Waals surface area contributed by atoms with Crippen LogP contribution in [0.25, 0.3) is 0 Å². The third-order valence-electron chi connectivity index (χ3n) is 4.64. The van der Waals surface area contributed by atoms with Crippen molar-refractivity contribution >= 4 is 44.8 Å². The maximum atomic E-state index is 6.46. The van der Waals surface area contributed by atoms with E-state index in [0.29, 0.717) is 16.9 Å². The van der Waals surface area contributed by atoms with Crippen molar-refractivity contribution in [1.29, 1.82) is 0 Å². The lowest BCUT2D eigenvalue weighted by molar-refractivity contribution is 0.425. The minimum atomic E-state index is 0.191. The predicted molar refractivity (Wildman–Crippen MR) is 97.0 cm³/mol. The van der Waals surface area contributed by atoms with Crippen LogP contribution in [-0.2, 0) is 0 Å². The molecular formula is C18H14BrCl2N. The first-order valence-corrected chi connectivity index (χ1v) is 8.86. The Morgan fingerprint density at radius 3 is 2.77 bits per heavy atom. The van der Waals surface area contributed by atoms with Crippen molar-refractivity contribution in [3.8, 4) is 0 Å².